The number of phenols is 1. The number of carbonyl (C=O) groups excluding carboxylic acids is 2. The minimum absolute atomic E-state index is 0.0397. The molecule has 31 heavy (non-hydrogen) atoms. The van der Waals surface area contributed by atoms with Gasteiger partial charge in [0, 0.05) is 19.2 Å². The van der Waals surface area contributed by atoms with Crippen LogP contribution in [0.1, 0.15) is 22.7 Å². The highest BCUT2D eigenvalue weighted by molar-refractivity contribution is 6.46. The number of aromatic hydroxyl groups is 1. The van der Waals surface area contributed by atoms with Gasteiger partial charge < -0.3 is 29.3 Å². The molecule has 1 aliphatic heterocycles. The Balaban J connectivity index is 2.21. The number of aliphatic hydroxyl groups excluding tert-OH is 1. The number of carbonyl (C=O) groups is 2. The van der Waals surface area contributed by atoms with Crippen molar-refractivity contribution in [3.8, 4) is 17.2 Å². The predicted molar refractivity (Wildman–Crippen MR) is 113 cm³/mol. The number of aliphatic hydroxyl groups is 1. The number of amides is 1. The average molecular weight is 427 g/mol. The van der Waals surface area contributed by atoms with E-state index in [-0.39, 0.29) is 36.0 Å². The summed E-state index contributed by atoms with van der Waals surface area (Å²) in [6.07, 6.45) is 0. The molecule has 2 aromatic carbocycles. The van der Waals surface area contributed by atoms with Crippen LogP contribution < -0.4 is 9.47 Å². The van der Waals surface area contributed by atoms with E-state index in [1.807, 2.05) is 0 Å². The molecule has 8 nitrogen and oxygen atoms in total. The molecule has 2 N–H and O–H groups in total. The number of ether oxygens (including phenoxy) is 3. The Bertz CT molecular complexity index is 1040. The summed E-state index contributed by atoms with van der Waals surface area (Å²) in [4.78, 5) is 27.2. The lowest BCUT2D eigenvalue weighted by Gasteiger charge is -2.25. The number of rotatable bonds is 7. The van der Waals surface area contributed by atoms with Gasteiger partial charge in [-0.2, -0.15) is 0 Å². The fraction of sp³-hybridized carbons (Fsp3) is 0.304. The van der Waals surface area contributed by atoms with Crippen LogP contribution in [-0.4, -0.2) is 61.3 Å². The minimum atomic E-state index is -0.869. The number of likely N-dealkylation sites (tertiary alicyclic amines) is 1. The average Bonchev–Trinajstić information content (AvgIpc) is 3.02. The molecule has 1 fully saturated rings. The molecule has 0 aliphatic carbocycles. The molecule has 8 heteroatoms. The van der Waals surface area contributed by atoms with Gasteiger partial charge in [0.05, 0.1) is 32.4 Å². The maximum atomic E-state index is 13.0. The van der Waals surface area contributed by atoms with Gasteiger partial charge in [-0.25, -0.2) is 0 Å². The summed E-state index contributed by atoms with van der Waals surface area (Å²) in [5.74, 6) is -1.09. The number of aryl methyl sites for hydroxylation is 1. The van der Waals surface area contributed by atoms with Crippen molar-refractivity contribution in [2.75, 3.05) is 34.5 Å². The molecule has 2 aromatic rings. The van der Waals surface area contributed by atoms with Gasteiger partial charge in [-0.05, 0) is 48.4 Å². The van der Waals surface area contributed by atoms with E-state index in [1.54, 1.807) is 37.3 Å². The zero-order valence-electron chi connectivity index (χ0n) is 17.8. The Morgan fingerprint density at radius 3 is 2.42 bits per heavy atom. The topological polar surface area (TPSA) is 106 Å². The summed E-state index contributed by atoms with van der Waals surface area (Å²) in [6, 6.07) is 8.72. The highest BCUT2D eigenvalue weighted by Gasteiger charge is 2.46. The highest BCUT2D eigenvalue weighted by Crippen LogP contribution is 2.42. The molecule has 1 atom stereocenters. The number of Topliss-reactive ketones (excluding diaryl/α,β-unsaturated/α-hetero) is 1. The van der Waals surface area contributed by atoms with Gasteiger partial charge in [-0.3, -0.25) is 9.59 Å². The molecule has 1 amide bonds. The van der Waals surface area contributed by atoms with Crippen LogP contribution >= 0.6 is 0 Å². The van der Waals surface area contributed by atoms with Crippen molar-refractivity contribution in [2.24, 2.45) is 0 Å². The van der Waals surface area contributed by atoms with Gasteiger partial charge >= 0.3 is 0 Å². The Hall–Kier alpha value is -3.52. The molecule has 0 spiro atoms. The maximum absolute atomic E-state index is 13.0. The number of hydrogen-bond donors (Lipinski definition) is 2. The quantitative estimate of drug-likeness (QED) is 0.398. The van der Waals surface area contributed by atoms with E-state index in [2.05, 4.69) is 0 Å². The van der Waals surface area contributed by atoms with Crippen LogP contribution in [0, 0.1) is 6.92 Å². The van der Waals surface area contributed by atoms with E-state index in [4.69, 9.17) is 14.2 Å². The van der Waals surface area contributed by atoms with Gasteiger partial charge in [-0.15, -0.1) is 0 Å². The first-order valence-electron chi connectivity index (χ1n) is 9.63. The second-order valence-corrected chi connectivity index (χ2v) is 7.10. The van der Waals surface area contributed by atoms with Crippen molar-refractivity contribution in [1.29, 1.82) is 0 Å². The summed E-state index contributed by atoms with van der Waals surface area (Å²) in [7, 11) is 4.44. The molecule has 1 heterocycles. The van der Waals surface area contributed by atoms with E-state index >= 15 is 0 Å². The Labute approximate surface area is 180 Å². The number of phenolic OH excluding ortho intramolecular Hbond substituents is 1. The van der Waals surface area contributed by atoms with E-state index < -0.39 is 17.7 Å². The molecule has 0 aromatic heterocycles. The first-order valence-corrected chi connectivity index (χ1v) is 9.63. The molecule has 164 valence electrons. The van der Waals surface area contributed by atoms with Gasteiger partial charge in [0.15, 0.2) is 11.5 Å². The van der Waals surface area contributed by atoms with E-state index in [9.17, 15) is 19.8 Å². The number of ketones is 1. The molecule has 1 aliphatic rings. The maximum Gasteiger partial charge on any atom is 0.295 e. The fourth-order valence-electron chi connectivity index (χ4n) is 3.69. The van der Waals surface area contributed by atoms with Gasteiger partial charge in [0.1, 0.15) is 11.5 Å². The van der Waals surface area contributed by atoms with Crippen LogP contribution in [0.25, 0.3) is 5.76 Å². The first-order chi connectivity index (χ1) is 14.8. The third kappa shape index (κ3) is 4.06. The normalized spacial score (nSPS) is 17.8. The van der Waals surface area contributed by atoms with Crippen molar-refractivity contribution >= 4 is 17.4 Å². The highest BCUT2D eigenvalue weighted by atomic mass is 16.5. The molecule has 0 unspecified atom stereocenters. The third-order valence-corrected chi connectivity index (χ3v) is 5.28. The van der Waals surface area contributed by atoms with E-state index in [0.717, 1.165) is 0 Å². The minimum Gasteiger partial charge on any atom is -0.507 e. The molecule has 0 bridgehead atoms. The van der Waals surface area contributed by atoms with Crippen molar-refractivity contribution in [1.82, 2.24) is 4.90 Å². The van der Waals surface area contributed by atoms with Crippen LogP contribution in [0.15, 0.2) is 42.0 Å². The Morgan fingerprint density at radius 1 is 1.06 bits per heavy atom. The molecular formula is C23H25NO7. The number of nitrogens with zero attached hydrogens (tertiary/aromatic N) is 1. The zero-order chi connectivity index (χ0) is 22.7. The zero-order valence-corrected chi connectivity index (χ0v) is 17.8. The third-order valence-electron chi connectivity index (χ3n) is 5.28. The lowest BCUT2D eigenvalue weighted by atomic mass is 9.93. The summed E-state index contributed by atoms with van der Waals surface area (Å²) in [5, 5.41) is 21.1. The second-order valence-electron chi connectivity index (χ2n) is 7.10. The van der Waals surface area contributed by atoms with Gasteiger partial charge in [0.2, 0.25) is 0 Å². The Kier molecular flexibility index (Phi) is 6.50. The molecule has 3 rings (SSSR count). The van der Waals surface area contributed by atoms with E-state index in [1.165, 1.54) is 32.3 Å². The van der Waals surface area contributed by atoms with E-state index in [0.29, 0.717) is 22.4 Å². The molecule has 0 saturated carbocycles. The monoisotopic (exact) mass is 427 g/mol. The van der Waals surface area contributed by atoms with Crippen LogP contribution in [-0.2, 0) is 14.3 Å². The summed E-state index contributed by atoms with van der Waals surface area (Å²) < 4.78 is 15.5. The lowest BCUT2D eigenvalue weighted by molar-refractivity contribution is -0.140. The molecule has 0 radical (unpaired) electrons. The number of methoxy groups -OCH3 is 3. The molecular weight excluding hydrogens is 402 g/mol. The number of hydrogen-bond acceptors (Lipinski definition) is 7. The summed E-state index contributed by atoms with van der Waals surface area (Å²) >= 11 is 0. The Morgan fingerprint density at radius 2 is 1.81 bits per heavy atom. The fourth-order valence-corrected chi connectivity index (χ4v) is 3.69. The van der Waals surface area contributed by atoms with Crippen LogP contribution in [0.4, 0.5) is 0 Å². The standard InChI is InChI=1S/C23H25NO7/c1-13-11-15(30-3)6-7-16(13)21(26)19-20(14-5-8-17(25)18(12-14)31-4)24(9-10-29-2)23(28)22(19)27/h5-8,11-12,20,25-26H,9-10H2,1-4H3/b21-19+/t20-/m1/s1. The molecule has 1 saturated heterocycles. The van der Waals surface area contributed by atoms with Gasteiger partial charge in [-0.1, -0.05) is 6.07 Å². The van der Waals surface area contributed by atoms with Crippen molar-refractivity contribution in [2.45, 2.75) is 13.0 Å². The van der Waals surface area contributed by atoms with Crippen LogP contribution in [0.5, 0.6) is 17.2 Å². The van der Waals surface area contributed by atoms with Crippen LogP contribution in [0.2, 0.25) is 0 Å². The largest absolute Gasteiger partial charge is 0.507 e. The van der Waals surface area contributed by atoms with Gasteiger partial charge in [0.25, 0.3) is 11.7 Å². The second kappa shape index (κ2) is 9.09. The van der Waals surface area contributed by atoms with Crippen molar-refractivity contribution < 1.29 is 34.0 Å². The predicted octanol–water partition coefficient (Wildman–Crippen LogP) is 2.79. The summed E-state index contributed by atoms with van der Waals surface area (Å²) in [5.41, 5.74) is 1.57. The summed E-state index contributed by atoms with van der Waals surface area (Å²) in [6.45, 7) is 2.13. The van der Waals surface area contributed by atoms with Crippen molar-refractivity contribution in [3.05, 3.63) is 58.7 Å². The van der Waals surface area contributed by atoms with Crippen LogP contribution in [0.3, 0.4) is 0 Å². The first kappa shape index (κ1) is 22.2. The number of benzene rings is 2. The lowest BCUT2D eigenvalue weighted by Crippen LogP contribution is -2.32. The van der Waals surface area contributed by atoms with Crippen molar-refractivity contribution in [3.63, 3.8) is 0 Å². The SMILES string of the molecule is COCCN1C(=O)C(=O)/C(=C(/O)c2ccc(OC)cc2C)[C@H]1c1ccc(O)c(OC)c1. The smallest absolute Gasteiger partial charge is 0.295 e.